The summed E-state index contributed by atoms with van der Waals surface area (Å²) in [6.45, 7) is 4.70. The standard InChI is InChI=1S/C14H19Cl2NO2/c1-9-3-4-17(8-13(9)19-2)7-10-5-11(15)6-12(16)14(10)18/h5-6,9,13,18H,3-4,7-8H2,1-2H3. The molecular formula is C14H19Cl2NO2. The Labute approximate surface area is 124 Å². The highest BCUT2D eigenvalue weighted by molar-refractivity contribution is 6.35. The Bertz CT molecular complexity index is 453. The average molecular weight is 304 g/mol. The topological polar surface area (TPSA) is 32.7 Å². The lowest BCUT2D eigenvalue weighted by molar-refractivity contribution is -0.00761. The van der Waals surface area contributed by atoms with E-state index in [4.69, 9.17) is 27.9 Å². The van der Waals surface area contributed by atoms with Crippen LogP contribution < -0.4 is 0 Å². The molecule has 1 heterocycles. The Morgan fingerprint density at radius 1 is 1.42 bits per heavy atom. The maximum Gasteiger partial charge on any atom is 0.138 e. The van der Waals surface area contributed by atoms with Gasteiger partial charge in [0.15, 0.2) is 0 Å². The third-order valence-corrected chi connectivity index (χ3v) is 4.28. The van der Waals surface area contributed by atoms with Gasteiger partial charge in [0.2, 0.25) is 0 Å². The van der Waals surface area contributed by atoms with Crippen LogP contribution in [0.3, 0.4) is 0 Å². The van der Waals surface area contributed by atoms with Crippen LogP contribution in [-0.2, 0) is 11.3 Å². The second-order valence-electron chi connectivity index (χ2n) is 5.17. The minimum atomic E-state index is 0.124. The van der Waals surface area contributed by atoms with E-state index in [9.17, 15) is 5.11 Å². The first-order valence-corrected chi connectivity index (χ1v) is 7.19. The molecule has 19 heavy (non-hydrogen) atoms. The number of phenols is 1. The van der Waals surface area contributed by atoms with Crippen molar-refractivity contribution in [2.45, 2.75) is 26.0 Å². The highest BCUT2D eigenvalue weighted by Crippen LogP contribution is 2.32. The summed E-state index contributed by atoms with van der Waals surface area (Å²) in [4.78, 5) is 2.26. The zero-order valence-electron chi connectivity index (χ0n) is 11.2. The number of phenolic OH excluding ortho intramolecular Hbond substituents is 1. The first-order valence-electron chi connectivity index (χ1n) is 6.43. The predicted molar refractivity (Wildman–Crippen MR) is 78.0 cm³/mol. The molecule has 0 radical (unpaired) electrons. The van der Waals surface area contributed by atoms with Gasteiger partial charge in [-0.2, -0.15) is 0 Å². The van der Waals surface area contributed by atoms with E-state index in [1.54, 1.807) is 19.2 Å². The highest BCUT2D eigenvalue weighted by atomic mass is 35.5. The number of methoxy groups -OCH3 is 1. The van der Waals surface area contributed by atoms with E-state index in [1.807, 2.05) is 0 Å². The summed E-state index contributed by atoms with van der Waals surface area (Å²) in [5.74, 6) is 0.691. The quantitative estimate of drug-likeness (QED) is 0.927. The molecule has 1 N–H and O–H groups in total. The summed E-state index contributed by atoms with van der Waals surface area (Å²) >= 11 is 11.9. The first kappa shape index (κ1) is 14.9. The van der Waals surface area contributed by atoms with Crippen LogP contribution in [-0.4, -0.2) is 36.3 Å². The lowest BCUT2D eigenvalue weighted by Crippen LogP contribution is -2.43. The van der Waals surface area contributed by atoms with E-state index in [2.05, 4.69) is 11.8 Å². The zero-order valence-corrected chi connectivity index (χ0v) is 12.7. The molecule has 1 saturated heterocycles. The molecule has 2 rings (SSSR count). The molecule has 2 atom stereocenters. The van der Waals surface area contributed by atoms with Crippen molar-refractivity contribution in [3.8, 4) is 5.75 Å². The van der Waals surface area contributed by atoms with Crippen molar-refractivity contribution in [3.63, 3.8) is 0 Å². The van der Waals surface area contributed by atoms with Crippen LogP contribution in [0.5, 0.6) is 5.75 Å². The summed E-state index contributed by atoms with van der Waals surface area (Å²) in [6.07, 6.45) is 1.33. The number of likely N-dealkylation sites (tertiary alicyclic amines) is 1. The fourth-order valence-corrected chi connectivity index (χ4v) is 3.06. The van der Waals surface area contributed by atoms with Gasteiger partial charge in [-0.3, -0.25) is 4.90 Å². The number of ether oxygens (including phenoxy) is 1. The van der Waals surface area contributed by atoms with Crippen LogP contribution in [0.15, 0.2) is 12.1 Å². The van der Waals surface area contributed by atoms with Crippen molar-refractivity contribution in [2.75, 3.05) is 20.2 Å². The lowest BCUT2D eigenvalue weighted by atomic mass is 9.95. The maximum absolute atomic E-state index is 9.98. The maximum atomic E-state index is 9.98. The Hall–Kier alpha value is -0.480. The van der Waals surface area contributed by atoms with Crippen molar-refractivity contribution in [3.05, 3.63) is 27.7 Å². The second kappa shape index (κ2) is 6.31. The molecule has 5 heteroatoms. The van der Waals surface area contributed by atoms with Gasteiger partial charge in [0.1, 0.15) is 5.75 Å². The predicted octanol–water partition coefficient (Wildman–Crippen LogP) is 3.56. The minimum Gasteiger partial charge on any atom is -0.506 e. The Morgan fingerprint density at radius 3 is 2.84 bits per heavy atom. The lowest BCUT2D eigenvalue weighted by Gasteiger charge is -2.36. The summed E-state index contributed by atoms with van der Waals surface area (Å²) in [7, 11) is 1.75. The minimum absolute atomic E-state index is 0.124. The Morgan fingerprint density at radius 2 is 2.16 bits per heavy atom. The van der Waals surface area contributed by atoms with E-state index in [0.29, 0.717) is 22.5 Å². The third-order valence-electron chi connectivity index (χ3n) is 3.78. The number of benzene rings is 1. The third kappa shape index (κ3) is 3.54. The van der Waals surface area contributed by atoms with Crippen molar-refractivity contribution >= 4 is 23.2 Å². The van der Waals surface area contributed by atoms with Gasteiger partial charge in [0.25, 0.3) is 0 Å². The van der Waals surface area contributed by atoms with E-state index in [0.717, 1.165) is 25.1 Å². The van der Waals surface area contributed by atoms with Crippen molar-refractivity contribution in [1.82, 2.24) is 4.90 Å². The number of halogens is 2. The normalized spacial score (nSPS) is 24.6. The smallest absolute Gasteiger partial charge is 0.138 e. The summed E-state index contributed by atoms with van der Waals surface area (Å²) < 4.78 is 5.49. The van der Waals surface area contributed by atoms with Gasteiger partial charge in [0, 0.05) is 30.8 Å². The summed E-state index contributed by atoms with van der Waals surface area (Å²) in [5.41, 5.74) is 0.766. The molecule has 0 aliphatic carbocycles. The van der Waals surface area contributed by atoms with Gasteiger partial charge in [-0.15, -0.1) is 0 Å². The molecule has 2 unspecified atom stereocenters. The molecule has 1 aliphatic heterocycles. The van der Waals surface area contributed by atoms with Crippen LogP contribution in [0.4, 0.5) is 0 Å². The van der Waals surface area contributed by atoms with Crippen LogP contribution in [0.25, 0.3) is 0 Å². The SMILES string of the molecule is COC1CN(Cc2cc(Cl)cc(Cl)c2O)CCC1C. The van der Waals surface area contributed by atoms with E-state index < -0.39 is 0 Å². The molecule has 1 fully saturated rings. The van der Waals surface area contributed by atoms with E-state index in [1.165, 1.54) is 0 Å². The molecule has 1 aliphatic rings. The van der Waals surface area contributed by atoms with Crippen molar-refractivity contribution in [1.29, 1.82) is 0 Å². The number of hydrogen-bond donors (Lipinski definition) is 1. The highest BCUT2D eigenvalue weighted by Gasteiger charge is 2.26. The van der Waals surface area contributed by atoms with E-state index >= 15 is 0 Å². The molecule has 106 valence electrons. The molecule has 0 saturated carbocycles. The monoisotopic (exact) mass is 303 g/mol. The van der Waals surface area contributed by atoms with E-state index in [-0.39, 0.29) is 11.9 Å². The fraction of sp³-hybridized carbons (Fsp3) is 0.571. The largest absolute Gasteiger partial charge is 0.506 e. The van der Waals surface area contributed by atoms with Gasteiger partial charge >= 0.3 is 0 Å². The molecule has 0 aromatic heterocycles. The molecule has 0 amide bonds. The number of aromatic hydroxyl groups is 1. The van der Waals surface area contributed by atoms with Crippen LogP contribution >= 0.6 is 23.2 Å². The van der Waals surface area contributed by atoms with Gasteiger partial charge in [0.05, 0.1) is 11.1 Å². The van der Waals surface area contributed by atoms with Crippen LogP contribution in [0.1, 0.15) is 18.9 Å². The second-order valence-corrected chi connectivity index (χ2v) is 6.01. The molecule has 0 spiro atoms. The van der Waals surface area contributed by atoms with Gasteiger partial charge < -0.3 is 9.84 Å². The Balaban J connectivity index is 2.09. The molecule has 1 aromatic rings. The van der Waals surface area contributed by atoms with Gasteiger partial charge in [-0.05, 0) is 31.0 Å². The zero-order chi connectivity index (χ0) is 14.0. The number of rotatable bonds is 3. The fourth-order valence-electron chi connectivity index (χ4n) is 2.53. The van der Waals surface area contributed by atoms with Crippen molar-refractivity contribution in [2.24, 2.45) is 5.92 Å². The number of piperidine rings is 1. The molecule has 1 aromatic carbocycles. The number of nitrogens with zero attached hydrogens (tertiary/aromatic N) is 1. The van der Waals surface area contributed by atoms with Gasteiger partial charge in [-0.25, -0.2) is 0 Å². The van der Waals surface area contributed by atoms with Crippen LogP contribution in [0.2, 0.25) is 10.0 Å². The van der Waals surface area contributed by atoms with Crippen LogP contribution in [0, 0.1) is 5.92 Å². The average Bonchev–Trinajstić information content (AvgIpc) is 2.37. The molecular weight excluding hydrogens is 285 g/mol. The van der Waals surface area contributed by atoms with Crippen molar-refractivity contribution < 1.29 is 9.84 Å². The summed E-state index contributed by atoms with van der Waals surface area (Å²) in [5, 5.41) is 10.8. The summed E-state index contributed by atoms with van der Waals surface area (Å²) in [6, 6.07) is 3.32. The molecule has 3 nitrogen and oxygen atoms in total. The molecule has 0 bridgehead atoms. The first-order chi connectivity index (χ1) is 9.01. The van der Waals surface area contributed by atoms with Gasteiger partial charge in [-0.1, -0.05) is 30.1 Å². The number of hydrogen-bond acceptors (Lipinski definition) is 3. The Kier molecular flexibility index (Phi) is 4.96.